The Kier molecular flexibility index (Phi) is 4.08. The second-order valence-electron chi connectivity index (χ2n) is 6.54. The quantitative estimate of drug-likeness (QED) is 0.889. The summed E-state index contributed by atoms with van der Waals surface area (Å²) in [7, 11) is 0. The van der Waals surface area contributed by atoms with Crippen molar-refractivity contribution in [1.82, 2.24) is 5.43 Å². The molecule has 3 heteroatoms. The Morgan fingerprint density at radius 3 is 2.21 bits per heavy atom. The Hall–Kier alpha value is -2.55. The molecule has 24 heavy (non-hydrogen) atoms. The first-order valence-corrected chi connectivity index (χ1v) is 8.81. The number of nitrogens with one attached hydrogen (secondary N) is 1. The van der Waals surface area contributed by atoms with Crippen molar-refractivity contribution < 1.29 is 0 Å². The predicted molar refractivity (Wildman–Crippen MR) is 101 cm³/mol. The molecule has 1 fully saturated rings. The van der Waals surface area contributed by atoms with Crippen LogP contribution in [0.1, 0.15) is 42.4 Å². The zero-order valence-electron chi connectivity index (χ0n) is 14.0. The molecule has 0 amide bonds. The maximum Gasteiger partial charge on any atom is 0.0984 e. The summed E-state index contributed by atoms with van der Waals surface area (Å²) in [4.78, 5) is 2.51. The molecule has 0 aromatic heterocycles. The monoisotopic (exact) mass is 317 g/mol. The highest BCUT2D eigenvalue weighted by Crippen LogP contribution is 2.26. The van der Waals surface area contributed by atoms with Crippen LogP contribution in [0, 0.1) is 0 Å². The predicted octanol–water partition coefficient (Wildman–Crippen LogP) is 4.39. The normalized spacial score (nSPS) is 17.6. The van der Waals surface area contributed by atoms with E-state index in [0.717, 1.165) is 28.1 Å². The molecule has 2 aromatic carbocycles. The fourth-order valence-corrected chi connectivity index (χ4v) is 3.58. The van der Waals surface area contributed by atoms with Crippen molar-refractivity contribution in [2.45, 2.75) is 25.7 Å². The van der Waals surface area contributed by atoms with Crippen molar-refractivity contribution in [1.29, 1.82) is 0 Å². The minimum absolute atomic E-state index is 0.857. The molecule has 0 unspecified atom stereocenters. The van der Waals surface area contributed by atoms with Crippen LogP contribution in [0.2, 0.25) is 0 Å². The van der Waals surface area contributed by atoms with Gasteiger partial charge in [-0.15, -0.1) is 0 Å². The number of hydrogen-bond acceptors (Lipinski definition) is 3. The van der Waals surface area contributed by atoms with Crippen LogP contribution in [0.4, 0.5) is 5.69 Å². The minimum atomic E-state index is 0.857. The van der Waals surface area contributed by atoms with Crippen LogP contribution in [-0.4, -0.2) is 18.8 Å². The number of rotatable bonds is 2. The van der Waals surface area contributed by atoms with E-state index < -0.39 is 0 Å². The molecule has 0 bridgehead atoms. The number of fused-ring (bicyclic) bond motifs is 1. The van der Waals surface area contributed by atoms with E-state index in [-0.39, 0.29) is 0 Å². The maximum atomic E-state index is 4.53. The summed E-state index contributed by atoms with van der Waals surface area (Å²) in [6, 6.07) is 17.1. The molecular formula is C21H23N3. The van der Waals surface area contributed by atoms with Crippen molar-refractivity contribution >= 4 is 17.1 Å². The van der Waals surface area contributed by atoms with Crippen LogP contribution in [0.5, 0.6) is 0 Å². The Labute approximate surface area is 143 Å². The highest BCUT2D eigenvalue weighted by molar-refractivity contribution is 6.16. The third-order valence-corrected chi connectivity index (χ3v) is 4.92. The van der Waals surface area contributed by atoms with Gasteiger partial charge in [-0.25, -0.2) is 0 Å². The highest BCUT2D eigenvalue weighted by Gasteiger charge is 2.18. The summed E-state index contributed by atoms with van der Waals surface area (Å²) in [5, 5.41) is 4.53. The lowest BCUT2D eigenvalue weighted by Gasteiger charge is -2.23. The van der Waals surface area contributed by atoms with Crippen LogP contribution < -0.4 is 10.3 Å². The van der Waals surface area contributed by atoms with Gasteiger partial charge in [0.1, 0.15) is 0 Å². The van der Waals surface area contributed by atoms with Crippen LogP contribution in [0.25, 0.3) is 5.70 Å². The van der Waals surface area contributed by atoms with Gasteiger partial charge in [-0.1, -0.05) is 55.8 Å². The van der Waals surface area contributed by atoms with E-state index in [2.05, 4.69) is 64.5 Å². The second kappa shape index (κ2) is 6.52. The molecule has 1 saturated heterocycles. The van der Waals surface area contributed by atoms with Gasteiger partial charge in [0, 0.05) is 35.5 Å². The number of hydrazone groups is 1. The summed E-state index contributed by atoms with van der Waals surface area (Å²) in [6.45, 7) is 6.39. The van der Waals surface area contributed by atoms with Gasteiger partial charge in [-0.05, 0) is 25.0 Å². The van der Waals surface area contributed by atoms with Crippen molar-refractivity contribution in [2.75, 3.05) is 18.0 Å². The van der Waals surface area contributed by atoms with Gasteiger partial charge in [-0.2, -0.15) is 5.10 Å². The zero-order chi connectivity index (χ0) is 16.4. The third-order valence-electron chi connectivity index (χ3n) is 4.92. The molecule has 1 N–H and O–H groups in total. The first-order chi connectivity index (χ1) is 11.8. The number of benzene rings is 2. The molecule has 0 spiro atoms. The standard InChI is InChI=1S/C21H23N3/c1-16-19-8-4-5-9-20(19)21(23-22-16)17-10-12-18(13-11-17)24-14-6-2-3-7-15-24/h4-5,8-13,22H,1-3,6-7,14-15H2. The van der Waals surface area contributed by atoms with Gasteiger partial charge in [0.05, 0.1) is 11.4 Å². The molecule has 2 heterocycles. The van der Waals surface area contributed by atoms with Crippen LogP contribution in [-0.2, 0) is 0 Å². The summed E-state index contributed by atoms with van der Waals surface area (Å²) in [5.74, 6) is 0. The summed E-state index contributed by atoms with van der Waals surface area (Å²) in [5.41, 5.74) is 9.63. The van der Waals surface area contributed by atoms with Crippen molar-refractivity contribution in [2.24, 2.45) is 5.10 Å². The van der Waals surface area contributed by atoms with Crippen LogP contribution >= 0.6 is 0 Å². The van der Waals surface area contributed by atoms with Crippen molar-refractivity contribution in [3.63, 3.8) is 0 Å². The molecule has 0 atom stereocenters. The van der Waals surface area contributed by atoms with Gasteiger partial charge in [0.25, 0.3) is 0 Å². The van der Waals surface area contributed by atoms with Gasteiger partial charge in [-0.3, -0.25) is 5.43 Å². The summed E-state index contributed by atoms with van der Waals surface area (Å²) >= 11 is 0. The fourth-order valence-electron chi connectivity index (χ4n) is 3.58. The van der Waals surface area contributed by atoms with E-state index in [0.29, 0.717) is 0 Å². The first-order valence-electron chi connectivity index (χ1n) is 8.81. The summed E-state index contributed by atoms with van der Waals surface area (Å²) < 4.78 is 0. The maximum absolute atomic E-state index is 4.53. The molecule has 0 radical (unpaired) electrons. The molecule has 2 aromatic rings. The van der Waals surface area contributed by atoms with E-state index in [1.165, 1.54) is 44.5 Å². The molecule has 3 nitrogen and oxygen atoms in total. The van der Waals surface area contributed by atoms with E-state index in [1.54, 1.807) is 0 Å². The molecule has 4 rings (SSSR count). The van der Waals surface area contributed by atoms with E-state index >= 15 is 0 Å². The van der Waals surface area contributed by atoms with Crippen molar-refractivity contribution in [3.05, 3.63) is 71.8 Å². The van der Waals surface area contributed by atoms with Gasteiger partial charge in [0.15, 0.2) is 0 Å². The topological polar surface area (TPSA) is 27.6 Å². The van der Waals surface area contributed by atoms with E-state index in [4.69, 9.17) is 0 Å². The Morgan fingerprint density at radius 1 is 0.833 bits per heavy atom. The largest absolute Gasteiger partial charge is 0.372 e. The number of hydrogen-bond donors (Lipinski definition) is 1. The molecule has 0 saturated carbocycles. The van der Waals surface area contributed by atoms with Gasteiger partial charge in [0.2, 0.25) is 0 Å². The zero-order valence-corrected chi connectivity index (χ0v) is 14.0. The SMILES string of the molecule is C=C1NN=C(c2ccc(N3CCCCCC3)cc2)c2ccccc21. The molecular weight excluding hydrogens is 294 g/mol. The Balaban J connectivity index is 1.62. The fraction of sp³-hybridized carbons (Fsp3) is 0.286. The van der Waals surface area contributed by atoms with Crippen LogP contribution in [0.15, 0.2) is 60.2 Å². The van der Waals surface area contributed by atoms with Gasteiger partial charge >= 0.3 is 0 Å². The summed E-state index contributed by atoms with van der Waals surface area (Å²) in [6.07, 6.45) is 5.32. The molecule has 2 aliphatic rings. The van der Waals surface area contributed by atoms with Crippen LogP contribution in [0.3, 0.4) is 0 Å². The van der Waals surface area contributed by atoms with E-state index in [9.17, 15) is 0 Å². The van der Waals surface area contributed by atoms with Crippen molar-refractivity contribution in [3.8, 4) is 0 Å². The Morgan fingerprint density at radius 2 is 1.50 bits per heavy atom. The van der Waals surface area contributed by atoms with E-state index in [1.807, 2.05) is 6.07 Å². The number of anilines is 1. The number of nitrogens with zero attached hydrogens (tertiary/aromatic N) is 2. The molecule has 0 aliphatic carbocycles. The lowest BCUT2D eigenvalue weighted by Crippen LogP contribution is -2.24. The minimum Gasteiger partial charge on any atom is -0.372 e. The van der Waals surface area contributed by atoms with Gasteiger partial charge < -0.3 is 4.90 Å². The highest BCUT2D eigenvalue weighted by atomic mass is 15.3. The molecule has 2 aliphatic heterocycles. The second-order valence-corrected chi connectivity index (χ2v) is 6.54. The Bertz CT molecular complexity index is 766. The average Bonchev–Trinajstić information content (AvgIpc) is 2.92. The third kappa shape index (κ3) is 2.82. The molecule has 122 valence electrons. The average molecular weight is 317 g/mol. The first kappa shape index (κ1) is 15.0. The smallest absolute Gasteiger partial charge is 0.0984 e. The lowest BCUT2D eigenvalue weighted by atomic mass is 9.95. The lowest BCUT2D eigenvalue weighted by molar-refractivity contribution is 0.726.